The van der Waals surface area contributed by atoms with Crippen molar-refractivity contribution in [3.8, 4) is 17.2 Å². The zero-order valence-corrected chi connectivity index (χ0v) is 21.3. The van der Waals surface area contributed by atoms with Crippen LogP contribution >= 0.6 is 0 Å². The monoisotopic (exact) mass is 520 g/mol. The standard InChI is InChI=1S/C28H28N2O8/c1-4-37-28(32)19-7-11-22(12-8-19)38-17-24-23-16-26(36-3)25(35-2)15-20(23)13-14-29(24)27(31)18-5-9-21(10-6-18)30(33)34/h5-12,15-16,24H,4,13-14,17H2,1-3H3/t24-/m0/s1. The fraction of sp³-hybridized carbons (Fsp3) is 0.286. The number of nitrogens with zero attached hydrogens (tertiary/aromatic N) is 2. The minimum absolute atomic E-state index is 0.0893. The summed E-state index contributed by atoms with van der Waals surface area (Å²) < 4.78 is 22.1. The zero-order chi connectivity index (χ0) is 27.2. The highest BCUT2D eigenvalue weighted by Gasteiger charge is 2.33. The molecule has 4 rings (SSSR count). The summed E-state index contributed by atoms with van der Waals surface area (Å²) in [7, 11) is 3.11. The van der Waals surface area contributed by atoms with Crippen LogP contribution in [0.4, 0.5) is 5.69 Å². The molecule has 0 unspecified atom stereocenters. The molecule has 1 atom stereocenters. The van der Waals surface area contributed by atoms with E-state index in [1.54, 1.807) is 50.3 Å². The molecule has 198 valence electrons. The second kappa shape index (κ2) is 11.6. The van der Waals surface area contributed by atoms with E-state index < -0.39 is 16.9 Å². The van der Waals surface area contributed by atoms with Gasteiger partial charge in [0.25, 0.3) is 11.6 Å². The van der Waals surface area contributed by atoms with Crippen LogP contribution in [0.3, 0.4) is 0 Å². The molecule has 38 heavy (non-hydrogen) atoms. The molecule has 10 nitrogen and oxygen atoms in total. The minimum atomic E-state index is -0.505. The molecular weight excluding hydrogens is 492 g/mol. The Balaban J connectivity index is 1.64. The lowest BCUT2D eigenvalue weighted by Gasteiger charge is -2.37. The smallest absolute Gasteiger partial charge is 0.338 e. The number of ether oxygens (including phenoxy) is 4. The van der Waals surface area contributed by atoms with Crippen LogP contribution in [0, 0.1) is 10.1 Å². The van der Waals surface area contributed by atoms with Crippen LogP contribution in [0.2, 0.25) is 0 Å². The molecule has 10 heteroatoms. The third-order valence-corrected chi connectivity index (χ3v) is 6.36. The van der Waals surface area contributed by atoms with Crippen molar-refractivity contribution in [3.63, 3.8) is 0 Å². The number of esters is 1. The Hall–Kier alpha value is -4.60. The molecular formula is C28H28N2O8. The van der Waals surface area contributed by atoms with Gasteiger partial charge in [0, 0.05) is 24.2 Å². The summed E-state index contributed by atoms with van der Waals surface area (Å²) in [4.78, 5) is 37.8. The lowest BCUT2D eigenvalue weighted by molar-refractivity contribution is -0.384. The molecule has 0 radical (unpaired) electrons. The number of hydrogen-bond acceptors (Lipinski definition) is 8. The van der Waals surface area contributed by atoms with E-state index in [9.17, 15) is 19.7 Å². The fourth-order valence-electron chi connectivity index (χ4n) is 4.42. The summed E-state index contributed by atoms with van der Waals surface area (Å²) >= 11 is 0. The predicted octanol–water partition coefficient (Wildman–Crippen LogP) is 4.61. The van der Waals surface area contributed by atoms with Gasteiger partial charge in [-0.3, -0.25) is 14.9 Å². The minimum Gasteiger partial charge on any atom is -0.493 e. The van der Waals surface area contributed by atoms with Crippen LogP contribution in [0.25, 0.3) is 0 Å². The Labute approximate surface area is 219 Å². The number of carbonyl (C=O) groups excluding carboxylic acids is 2. The van der Waals surface area contributed by atoms with Crippen LogP contribution in [-0.4, -0.2) is 55.7 Å². The average molecular weight is 521 g/mol. The number of carbonyl (C=O) groups is 2. The van der Waals surface area contributed by atoms with Crippen molar-refractivity contribution in [2.75, 3.05) is 34.0 Å². The van der Waals surface area contributed by atoms with Crippen molar-refractivity contribution in [1.82, 2.24) is 4.90 Å². The molecule has 0 saturated carbocycles. The molecule has 1 amide bonds. The van der Waals surface area contributed by atoms with Crippen molar-refractivity contribution in [3.05, 3.63) is 93.0 Å². The van der Waals surface area contributed by atoms with Gasteiger partial charge in [0.05, 0.1) is 37.4 Å². The third-order valence-electron chi connectivity index (χ3n) is 6.36. The second-order valence-electron chi connectivity index (χ2n) is 8.53. The molecule has 1 aliphatic rings. The van der Waals surface area contributed by atoms with Crippen LogP contribution < -0.4 is 14.2 Å². The number of benzene rings is 3. The maximum absolute atomic E-state index is 13.6. The van der Waals surface area contributed by atoms with Crippen molar-refractivity contribution in [2.24, 2.45) is 0 Å². The highest BCUT2D eigenvalue weighted by Crippen LogP contribution is 2.39. The first-order valence-corrected chi connectivity index (χ1v) is 12.1. The number of fused-ring (bicyclic) bond motifs is 1. The van der Waals surface area contributed by atoms with Crippen LogP contribution in [0.15, 0.2) is 60.7 Å². The van der Waals surface area contributed by atoms with Gasteiger partial charge in [-0.2, -0.15) is 0 Å². The topological polar surface area (TPSA) is 117 Å². The maximum atomic E-state index is 13.6. The van der Waals surface area contributed by atoms with Gasteiger partial charge in [0.2, 0.25) is 0 Å². The Morgan fingerprint density at radius 1 is 0.974 bits per heavy atom. The Bertz CT molecular complexity index is 1320. The molecule has 0 bridgehead atoms. The predicted molar refractivity (Wildman–Crippen MR) is 138 cm³/mol. The van der Waals surface area contributed by atoms with Gasteiger partial charge < -0.3 is 23.8 Å². The Morgan fingerprint density at radius 2 is 1.61 bits per heavy atom. The van der Waals surface area contributed by atoms with E-state index in [1.165, 1.54) is 24.3 Å². The van der Waals surface area contributed by atoms with E-state index >= 15 is 0 Å². The summed E-state index contributed by atoms with van der Waals surface area (Å²) in [6.45, 7) is 2.56. The molecule has 0 aliphatic carbocycles. The maximum Gasteiger partial charge on any atom is 0.338 e. The first-order chi connectivity index (χ1) is 18.4. The summed E-state index contributed by atoms with van der Waals surface area (Å²) in [5.41, 5.74) is 2.51. The third kappa shape index (κ3) is 5.54. The van der Waals surface area contributed by atoms with E-state index in [2.05, 4.69) is 0 Å². The van der Waals surface area contributed by atoms with E-state index in [1.807, 2.05) is 12.1 Å². The molecule has 1 aliphatic heterocycles. The molecule has 0 saturated heterocycles. The van der Waals surface area contributed by atoms with Gasteiger partial charge >= 0.3 is 5.97 Å². The van der Waals surface area contributed by atoms with Gasteiger partial charge in [-0.05, 0) is 73.0 Å². The number of methoxy groups -OCH3 is 2. The normalized spacial score (nSPS) is 14.3. The van der Waals surface area contributed by atoms with Crippen LogP contribution in [0.5, 0.6) is 17.2 Å². The van der Waals surface area contributed by atoms with Gasteiger partial charge in [-0.15, -0.1) is 0 Å². The summed E-state index contributed by atoms with van der Waals surface area (Å²) in [5.74, 6) is 0.955. The van der Waals surface area contributed by atoms with Crippen molar-refractivity contribution in [2.45, 2.75) is 19.4 Å². The highest BCUT2D eigenvalue weighted by molar-refractivity contribution is 5.95. The van der Waals surface area contributed by atoms with Gasteiger partial charge in [0.1, 0.15) is 12.4 Å². The number of rotatable bonds is 9. The molecule has 0 N–H and O–H groups in total. The van der Waals surface area contributed by atoms with Crippen LogP contribution in [-0.2, 0) is 11.2 Å². The largest absolute Gasteiger partial charge is 0.493 e. The zero-order valence-electron chi connectivity index (χ0n) is 21.3. The van der Waals surface area contributed by atoms with Crippen LogP contribution in [0.1, 0.15) is 44.8 Å². The van der Waals surface area contributed by atoms with E-state index in [-0.39, 0.29) is 24.8 Å². The molecule has 0 fully saturated rings. The quantitative estimate of drug-likeness (QED) is 0.228. The Morgan fingerprint density at radius 3 is 2.21 bits per heavy atom. The second-order valence-corrected chi connectivity index (χ2v) is 8.53. The van der Waals surface area contributed by atoms with Gasteiger partial charge in [0.15, 0.2) is 11.5 Å². The molecule has 3 aromatic rings. The molecule has 0 spiro atoms. The molecule has 0 aromatic heterocycles. The van der Waals surface area contributed by atoms with E-state index in [4.69, 9.17) is 18.9 Å². The first-order valence-electron chi connectivity index (χ1n) is 12.1. The van der Waals surface area contributed by atoms with Gasteiger partial charge in [-0.25, -0.2) is 4.79 Å². The number of hydrogen-bond donors (Lipinski definition) is 0. The van der Waals surface area contributed by atoms with Crippen molar-refractivity contribution >= 4 is 17.6 Å². The molecule has 1 heterocycles. The number of nitro groups is 1. The van der Waals surface area contributed by atoms with Crippen molar-refractivity contribution < 1.29 is 33.5 Å². The van der Waals surface area contributed by atoms with E-state index in [0.717, 1.165) is 11.1 Å². The number of non-ortho nitro benzene ring substituents is 1. The summed E-state index contributed by atoms with van der Waals surface area (Å²) in [5, 5.41) is 11.0. The van der Waals surface area contributed by atoms with E-state index in [0.29, 0.717) is 41.3 Å². The average Bonchev–Trinajstić information content (AvgIpc) is 2.95. The number of amides is 1. The highest BCUT2D eigenvalue weighted by atomic mass is 16.6. The summed E-state index contributed by atoms with van der Waals surface area (Å²) in [6.07, 6.45) is 0.582. The number of nitro benzene ring substituents is 1. The first kappa shape index (κ1) is 26.5. The molecule has 3 aromatic carbocycles. The SMILES string of the molecule is CCOC(=O)c1ccc(OC[C@H]2c3cc(OC)c(OC)cc3CCN2C(=O)c2ccc([N+](=O)[O-])cc2)cc1. The van der Waals surface area contributed by atoms with Crippen molar-refractivity contribution in [1.29, 1.82) is 0 Å². The Kier molecular flexibility index (Phi) is 8.10. The fourth-order valence-corrected chi connectivity index (χ4v) is 4.42. The van der Waals surface area contributed by atoms with Gasteiger partial charge in [-0.1, -0.05) is 0 Å². The summed E-state index contributed by atoms with van der Waals surface area (Å²) in [6, 6.07) is 15.4. The lowest BCUT2D eigenvalue weighted by atomic mass is 9.91. The lowest BCUT2D eigenvalue weighted by Crippen LogP contribution is -2.42.